The van der Waals surface area contributed by atoms with E-state index < -0.39 is 12.1 Å². The van der Waals surface area contributed by atoms with Gasteiger partial charge in [0.2, 0.25) is 5.91 Å². The molecule has 0 aliphatic carbocycles. The fourth-order valence-corrected chi connectivity index (χ4v) is 7.24. The molecule has 1 amide bonds. The van der Waals surface area contributed by atoms with Crippen LogP contribution in [0.2, 0.25) is 0 Å². The summed E-state index contributed by atoms with van der Waals surface area (Å²) in [7, 11) is 0. The van der Waals surface area contributed by atoms with Gasteiger partial charge in [-0.15, -0.1) is 0 Å². The molecule has 2 atom stereocenters. The third-order valence-electron chi connectivity index (χ3n) is 10.8. The van der Waals surface area contributed by atoms with Crippen LogP contribution in [0.3, 0.4) is 0 Å². The zero-order chi connectivity index (χ0) is 36.4. The predicted molar refractivity (Wildman–Crippen MR) is 221 cm³/mol. The van der Waals surface area contributed by atoms with E-state index >= 15 is 0 Å². The highest BCUT2D eigenvalue weighted by Gasteiger charge is 2.20. The first kappa shape index (κ1) is 49.1. The Morgan fingerprint density at radius 3 is 1.10 bits per heavy atom. The predicted octanol–water partition coefficient (Wildman–Crippen LogP) is 14.2. The molecule has 0 bridgehead atoms. The number of unbranched alkanes of at least 4 members (excludes halogenated alkanes) is 33. The second kappa shape index (κ2) is 42.5. The van der Waals surface area contributed by atoms with Gasteiger partial charge in [-0.25, -0.2) is 0 Å². The Kier molecular flexibility index (Phi) is 41.8. The number of aliphatic hydroxyl groups excluding tert-OH is 2. The molecule has 0 aromatic rings. The molecule has 0 saturated heterocycles. The van der Waals surface area contributed by atoms with Crippen molar-refractivity contribution in [1.82, 2.24) is 5.32 Å². The highest BCUT2D eigenvalue weighted by Crippen LogP contribution is 2.16. The lowest BCUT2D eigenvalue weighted by atomic mass is 10.0. The first-order valence-corrected chi connectivity index (χ1v) is 22.9. The van der Waals surface area contributed by atoms with Crippen LogP contribution in [0, 0.1) is 0 Å². The van der Waals surface area contributed by atoms with Crippen molar-refractivity contribution in [2.75, 3.05) is 6.61 Å². The summed E-state index contributed by atoms with van der Waals surface area (Å²) in [5, 5.41) is 23.1. The molecule has 0 aliphatic rings. The third-order valence-corrected chi connectivity index (χ3v) is 10.8. The topological polar surface area (TPSA) is 69.6 Å². The van der Waals surface area contributed by atoms with Crippen molar-refractivity contribution in [3.63, 3.8) is 0 Å². The molecular formula is C46H91NO3. The zero-order valence-electron chi connectivity index (χ0n) is 34.2. The molecule has 50 heavy (non-hydrogen) atoms. The lowest BCUT2D eigenvalue weighted by Gasteiger charge is -2.22. The number of carbonyl (C=O) groups excluding carboxylic acids is 1. The van der Waals surface area contributed by atoms with Crippen molar-refractivity contribution in [3.8, 4) is 0 Å². The summed E-state index contributed by atoms with van der Waals surface area (Å²) in [6.07, 6.45) is 53.0. The minimum absolute atomic E-state index is 0.0304. The Morgan fingerprint density at radius 1 is 0.460 bits per heavy atom. The third kappa shape index (κ3) is 38.4. The molecule has 298 valence electrons. The molecule has 0 aliphatic heterocycles. The summed E-state index contributed by atoms with van der Waals surface area (Å²) in [5.41, 5.74) is 0. The standard InChI is InChI=1S/C46H91NO3/c1-3-5-7-9-11-13-15-16-17-18-19-20-21-22-23-24-25-26-27-28-29-30-32-34-36-38-40-42-46(50)47-44(43-48)45(49)41-39-37-35-33-31-14-12-10-8-6-4-2/h22-23,44-45,48-49H,3-21,24-43H2,1-2H3,(H,47,50)/b23-22-. The normalized spacial score (nSPS) is 13.0. The second-order valence-electron chi connectivity index (χ2n) is 15.8. The van der Waals surface area contributed by atoms with Gasteiger partial charge in [-0.1, -0.05) is 225 Å². The molecule has 0 rings (SSSR count). The van der Waals surface area contributed by atoms with Gasteiger partial charge in [0, 0.05) is 6.42 Å². The van der Waals surface area contributed by atoms with E-state index in [0.717, 1.165) is 25.7 Å². The number of rotatable bonds is 42. The van der Waals surface area contributed by atoms with Gasteiger partial charge in [0.25, 0.3) is 0 Å². The quantitative estimate of drug-likeness (QED) is 0.0437. The highest BCUT2D eigenvalue weighted by molar-refractivity contribution is 5.76. The maximum Gasteiger partial charge on any atom is 0.220 e. The molecule has 0 fully saturated rings. The molecule has 3 N–H and O–H groups in total. The van der Waals surface area contributed by atoms with E-state index in [2.05, 4.69) is 31.3 Å². The monoisotopic (exact) mass is 706 g/mol. The van der Waals surface area contributed by atoms with Crippen molar-refractivity contribution in [2.45, 2.75) is 270 Å². The number of hydrogen-bond donors (Lipinski definition) is 3. The number of allylic oxidation sites excluding steroid dienone is 2. The van der Waals surface area contributed by atoms with E-state index in [1.165, 1.54) is 205 Å². The van der Waals surface area contributed by atoms with Crippen LogP contribution in [0.4, 0.5) is 0 Å². The van der Waals surface area contributed by atoms with E-state index in [1.807, 2.05) is 0 Å². The minimum atomic E-state index is -0.654. The van der Waals surface area contributed by atoms with Crippen molar-refractivity contribution in [2.24, 2.45) is 0 Å². The number of nitrogens with one attached hydrogen (secondary N) is 1. The van der Waals surface area contributed by atoms with Gasteiger partial charge in [0.1, 0.15) is 0 Å². The Bertz CT molecular complexity index is 680. The first-order chi connectivity index (χ1) is 24.7. The van der Waals surface area contributed by atoms with Crippen molar-refractivity contribution >= 4 is 5.91 Å². The SMILES string of the molecule is CCCCCCCCCCCCCC/C=C\CCCCCCCCCCCCCC(=O)NC(CO)C(O)CCCCCCCCCCCCC. The van der Waals surface area contributed by atoms with Crippen LogP contribution >= 0.6 is 0 Å². The molecule has 0 saturated carbocycles. The van der Waals surface area contributed by atoms with Crippen LogP contribution in [0.25, 0.3) is 0 Å². The molecular weight excluding hydrogens is 615 g/mol. The fraction of sp³-hybridized carbons (Fsp3) is 0.935. The molecule has 2 unspecified atom stereocenters. The second-order valence-corrected chi connectivity index (χ2v) is 15.8. The van der Waals surface area contributed by atoms with Crippen LogP contribution in [0.5, 0.6) is 0 Å². The largest absolute Gasteiger partial charge is 0.394 e. The molecule has 0 aromatic carbocycles. The van der Waals surface area contributed by atoms with Crippen LogP contribution < -0.4 is 5.32 Å². The molecule has 4 heteroatoms. The summed E-state index contributed by atoms with van der Waals surface area (Å²) < 4.78 is 0. The minimum Gasteiger partial charge on any atom is -0.394 e. The molecule has 4 nitrogen and oxygen atoms in total. The van der Waals surface area contributed by atoms with E-state index in [0.29, 0.717) is 12.8 Å². The van der Waals surface area contributed by atoms with Crippen LogP contribution in [0.15, 0.2) is 12.2 Å². The van der Waals surface area contributed by atoms with E-state index in [9.17, 15) is 15.0 Å². The Balaban J connectivity index is 3.43. The lowest BCUT2D eigenvalue weighted by Crippen LogP contribution is -2.45. The van der Waals surface area contributed by atoms with Gasteiger partial charge in [-0.3, -0.25) is 4.79 Å². The smallest absolute Gasteiger partial charge is 0.220 e. The van der Waals surface area contributed by atoms with Crippen LogP contribution in [0.1, 0.15) is 258 Å². The van der Waals surface area contributed by atoms with Crippen molar-refractivity contribution in [1.29, 1.82) is 0 Å². The fourth-order valence-electron chi connectivity index (χ4n) is 7.24. The van der Waals surface area contributed by atoms with E-state index in [1.54, 1.807) is 0 Å². The summed E-state index contributed by atoms with van der Waals surface area (Å²) in [4.78, 5) is 12.4. The number of carbonyl (C=O) groups is 1. The van der Waals surface area contributed by atoms with Crippen LogP contribution in [-0.4, -0.2) is 34.9 Å². The maximum absolute atomic E-state index is 12.4. The van der Waals surface area contributed by atoms with Gasteiger partial charge in [-0.2, -0.15) is 0 Å². The number of amides is 1. The van der Waals surface area contributed by atoms with E-state index in [4.69, 9.17) is 0 Å². The summed E-state index contributed by atoms with van der Waals surface area (Å²) >= 11 is 0. The summed E-state index contributed by atoms with van der Waals surface area (Å²) in [6, 6.07) is -0.531. The maximum atomic E-state index is 12.4. The van der Waals surface area contributed by atoms with Crippen molar-refractivity contribution in [3.05, 3.63) is 12.2 Å². The molecule has 0 heterocycles. The van der Waals surface area contributed by atoms with Crippen molar-refractivity contribution < 1.29 is 15.0 Å². The van der Waals surface area contributed by atoms with Gasteiger partial charge in [0.15, 0.2) is 0 Å². The van der Waals surface area contributed by atoms with Gasteiger partial charge < -0.3 is 15.5 Å². The molecule has 0 radical (unpaired) electrons. The molecule has 0 aromatic heterocycles. The summed E-state index contributed by atoms with van der Waals surface area (Å²) in [6.45, 7) is 4.36. The first-order valence-electron chi connectivity index (χ1n) is 22.9. The zero-order valence-corrected chi connectivity index (χ0v) is 34.2. The van der Waals surface area contributed by atoms with Gasteiger partial charge in [-0.05, 0) is 38.5 Å². The van der Waals surface area contributed by atoms with Gasteiger partial charge in [0.05, 0.1) is 18.8 Å². The highest BCUT2D eigenvalue weighted by atomic mass is 16.3. The molecule has 0 spiro atoms. The average Bonchev–Trinajstić information content (AvgIpc) is 3.12. The Morgan fingerprint density at radius 2 is 0.760 bits per heavy atom. The Labute approximate surface area is 314 Å². The van der Waals surface area contributed by atoms with Gasteiger partial charge >= 0.3 is 0 Å². The van der Waals surface area contributed by atoms with Crippen LogP contribution in [-0.2, 0) is 4.79 Å². The Hall–Kier alpha value is -0.870. The van der Waals surface area contributed by atoms with E-state index in [-0.39, 0.29) is 12.5 Å². The average molecular weight is 706 g/mol. The number of aliphatic hydroxyl groups is 2. The summed E-state index contributed by atoms with van der Waals surface area (Å²) in [5.74, 6) is -0.0304. The lowest BCUT2D eigenvalue weighted by molar-refractivity contribution is -0.123. The number of hydrogen-bond acceptors (Lipinski definition) is 3.